The van der Waals surface area contributed by atoms with Gasteiger partial charge in [-0.3, -0.25) is 0 Å². The van der Waals surface area contributed by atoms with Crippen molar-refractivity contribution >= 4 is 17.1 Å². The molecule has 0 saturated carbocycles. The molecule has 0 heterocycles. The third-order valence-electron chi connectivity index (χ3n) is 8.27. The minimum absolute atomic E-state index is 0.339. The van der Waals surface area contributed by atoms with Gasteiger partial charge in [-0.25, -0.2) is 0 Å². The maximum atomic E-state index is 2.40. The lowest BCUT2D eigenvalue weighted by Gasteiger charge is -2.31. The van der Waals surface area contributed by atoms with E-state index in [4.69, 9.17) is 0 Å². The fourth-order valence-electron chi connectivity index (χ4n) is 6.89. The van der Waals surface area contributed by atoms with Gasteiger partial charge in [0.1, 0.15) is 0 Å². The molecular formula is C37H25N. The number of hydrogen-bond donors (Lipinski definition) is 0. The first-order valence-corrected chi connectivity index (χ1v) is 13.2. The maximum Gasteiger partial charge on any atom is 0.0726 e. The minimum Gasteiger partial charge on any atom is -0.310 e. The highest BCUT2D eigenvalue weighted by molar-refractivity contribution is 6.00. The van der Waals surface area contributed by atoms with Crippen LogP contribution in [0.5, 0.6) is 0 Å². The second kappa shape index (κ2) is 8.06. The third kappa shape index (κ3) is 2.71. The van der Waals surface area contributed by atoms with Gasteiger partial charge in [0.25, 0.3) is 0 Å². The molecule has 1 nitrogen and oxygen atoms in total. The number of hydrogen-bond acceptors (Lipinski definition) is 1. The van der Waals surface area contributed by atoms with Crippen LogP contribution in [-0.4, -0.2) is 0 Å². The Kier molecular flexibility index (Phi) is 4.50. The van der Waals surface area contributed by atoms with Crippen LogP contribution in [0.25, 0.3) is 22.3 Å². The van der Waals surface area contributed by atoms with E-state index in [0.29, 0.717) is 0 Å². The van der Waals surface area contributed by atoms with Crippen molar-refractivity contribution in [2.24, 2.45) is 0 Å². The van der Waals surface area contributed by atoms with Gasteiger partial charge >= 0.3 is 0 Å². The minimum atomic E-state index is -0.339. The summed E-state index contributed by atoms with van der Waals surface area (Å²) in [4.78, 5) is 2.40. The second-order valence-corrected chi connectivity index (χ2v) is 10.1. The molecule has 8 rings (SSSR count). The molecule has 0 unspecified atom stereocenters. The van der Waals surface area contributed by atoms with Crippen molar-refractivity contribution in [2.45, 2.75) is 5.41 Å². The largest absolute Gasteiger partial charge is 0.310 e. The SMILES string of the molecule is c1ccc(N(c2ccccc2)c2cccc3c2-c2ccccc2C32c3ccccc3-c3ccccc32)cc1. The number of fused-ring (bicyclic) bond motifs is 10. The lowest BCUT2D eigenvalue weighted by Crippen LogP contribution is -2.26. The molecule has 0 bridgehead atoms. The predicted molar refractivity (Wildman–Crippen MR) is 157 cm³/mol. The molecule has 6 aromatic carbocycles. The molecule has 0 N–H and O–H groups in total. The Hall–Kier alpha value is -4.88. The lowest BCUT2D eigenvalue weighted by molar-refractivity contribution is 0.794. The van der Waals surface area contributed by atoms with Crippen LogP contribution in [0.4, 0.5) is 17.1 Å². The van der Waals surface area contributed by atoms with Gasteiger partial charge in [0.2, 0.25) is 0 Å². The van der Waals surface area contributed by atoms with Crippen LogP contribution in [0.1, 0.15) is 22.3 Å². The van der Waals surface area contributed by atoms with Gasteiger partial charge in [0.15, 0.2) is 0 Å². The molecule has 0 fully saturated rings. The first kappa shape index (κ1) is 21.2. The standard InChI is InChI=1S/C37H25N/c1-3-14-26(15-4-1)38(27-16-5-2-6-17-27)35-25-13-24-34-36(35)30-20-9-12-23-33(30)37(34)31-21-10-7-18-28(31)29-19-8-11-22-32(29)37/h1-25H. The summed E-state index contributed by atoms with van der Waals surface area (Å²) in [6.45, 7) is 0. The molecule has 0 radical (unpaired) electrons. The van der Waals surface area contributed by atoms with Gasteiger partial charge in [0, 0.05) is 16.9 Å². The molecule has 0 atom stereocenters. The Morgan fingerprint density at radius 2 is 0.763 bits per heavy atom. The fraction of sp³-hybridized carbons (Fsp3) is 0.0270. The Balaban J connectivity index is 1.50. The highest BCUT2D eigenvalue weighted by atomic mass is 15.1. The Morgan fingerprint density at radius 3 is 1.32 bits per heavy atom. The van der Waals surface area contributed by atoms with E-state index in [1.165, 1.54) is 50.2 Å². The molecule has 0 aliphatic heterocycles. The topological polar surface area (TPSA) is 3.24 Å². The first-order chi connectivity index (χ1) is 18.9. The van der Waals surface area contributed by atoms with Gasteiger partial charge in [0.05, 0.1) is 11.1 Å². The van der Waals surface area contributed by atoms with E-state index in [1.54, 1.807) is 0 Å². The van der Waals surface area contributed by atoms with E-state index in [0.717, 1.165) is 11.4 Å². The van der Waals surface area contributed by atoms with Gasteiger partial charge in [-0.2, -0.15) is 0 Å². The highest BCUT2D eigenvalue weighted by Gasteiger charge is 2.52. The van der Waals surface area contributed by atoms with E-state index < -0.39 is 0 Å². The Bertz CT molecular complexity index is 1730. The first-order valence-electron chi connectivity index (χ1n) is 13.2. The summed E-state index contributed by atoms with van der Waals surface area (Å²) in [5.74, 6) is 0. The van der Waals surface area contributed by atoms with Gasteiger partial charge in [-0.15, -0.1) is 0 Å². The van der Waals surface area contributed by atoms with Crippen LogP contribution in [-0.2, 0) is 5.41 Å². The lowest BCUT2D eigenvalue weighted by atomic mass is 9.70. The average Bonchev–Trinajstić information content (AvgIpc) is 3.47. The molecule has 2 aliphatic rings. The summed E-state index contributed by atoms with van der Waals surface area (Å²) in [6, 6.07) is 55.3. The molecular weight excluding hydrogens is 458 g/mol. The molecule has 38 heavy (non-hydrogen) atoms. The zero-order valence-electron chi connectivity index (χ0n) is 20.9. The number of nitrogens with zero attached hydrogens (tertiary/aromatic N) is 1. The van der Waals surface area contributed by atoms with Crippen molar-refractivity contribution in [3.8, 4) is 22.3 Å². The molecule has 0 amide bonds. The monoisotopic (exact) mass is 483 g/mol. The fourth-order valence-corrected chi connectivity index (χ4v) is 6.89. The van der Waals surface area contributed by atoms with Crippen LogP contribution in [0.3, 0.4) is 0 Å². The normalized spacial score (nSPS) is 13.5. The molecule has 1 spiro atoms. The van der Waals surface area contributed by atoms with Crippen molar-refractivity contribution in [1.82, 2.24) is 0 Å². The van der Waals surface area contributed by atoms with Crippen LogP contribution in [0.2, 0.25) is 0 Å². The predicted octanol–water partition coefficient (Wildman–Crippen LogP) is 9.50. The van der Waals surface area contributed by atoms with Crippen LogP contribution < -0.4 is 4.90 Å². The van der Waals surface area contributed by atoms with Crippen molar-refractivity contribution in [2.75, 3.05) is 4.90 Å². The molecule has 1 heteroatoms. The van der Waals surface area contributed by atoms with Crippen molar-refractivity contribution in [1.29, 1.82) is 0 Å². The molecule has 2 aliphatic carbocycles. The van der Waals surface area contributed by atoms with E-state index >= 15 is 0 Å². The molecule has 178 valence electrons. The molecule has 6 aromatic rings. The Morgan fingerprint density at radius 1 is 0.342 bits per heavy atom. The summed E-state index contributed by atoms with van der Waals surface area (Å²) in [5.41, 5.74) is 13.9. The quantitative estimate of drug-likeness (QED) is 0.242. The third-order valence-corrected chi connectivity index (χ3v) is 8.27. The van der Waals surface area contributed by atoms with Crippen LogP contribution in [0.15, 0.2) is 152 Å². The Labute approximate surface area is 223 Å². The van der Waals surface area contributed by atoms with Gasteiger partial charge in [-0.05, 0) is 69.3 Å². The average molecular weight is 484 g/mol. The van der Waals surface area contributed by atoms with E-state index in [2.05, 4.69) is 157 Å². The number of anilines is 3. The zero-order chi connectivity index (χ0) is 25.1. The van der Waals surface area contributed by atoms with E-state index in [9.17, 15) is 0 Å². The summed E-state index contributed by atoms with van der Waals surface area (Å²) in [7, 11) is 0. The summed E-state index contributed by atoms with van der Waals surface area (Å²) in [6.07, 6.45) is 0. The highest BCUT2D eigenvalue weighted by Crippen LogP contribution is 2.64. The van der Waals surface area contributed by atoms with Crippen molar-refractivity contribution in [3.05, 3.63) is 174 Å². The molecule has 0 saturated heterocycles. The maximum absolute atomic E-state index is 2.40. The van der Waals surface area contributed by atoms with Crippen LogP contribution in [0, 0.1) is 0 Å². The van der Waals surface area contributed by atoms with Crippen molar-refractivity contribution < 1.29 is 0 Å². The number of rotatable bonds is 3. The van der Waals surface area contributed by atoms with Gasteiger partial charge < -0.3 is 4.90 Å². The number of para-hydroxylation sites is 2. The van der Waals surface area contributed by atoms with Crippen LogP contribution >= 0.6 is 0 Å². The summed E-state index contributed by atoms with van der Waals surface area (Å²) in [5, 5.41) is 0. The molecule has 0 aromatic heterocycles. The summed E-state index contributed by atoms with van der Waals surface area (Å²) < 4.78 is 0. The van der Waals surface area contributed by atoms with E-state index in [1.807, 2.05) is 0 Å². The van der Waals surface area contributed by atoms with E-state index in [-0.39, 0.29) is 5.41 Å². The van der Waals surface area contributed by atoms with Gasteiger partial charge in [-0.1, -0.05) is 121 Å². The number of benzene rings is 6. The summed E-state index contributed by atoms with van der Waals surface area (Å²) >= 11 is 0. The second-order valence-electron chi connectivity index (χ2n) is 10.1. The zero-order valence-corrected chi connectivity index (χ0v) is 20.9. The van der Waals surface area contributed by atoms with Crippen molar-refractivity contribution in [3.63, 3.8) is 0 Å². The smallest absolute Gasteiger partial charge is 0.0726 e.